The zero-order chi connectivity index (χ0) is 21.3. The van der Waals surface area contributed by atoms with Crippen molar-refractivity contribution < 1.29 is 21.7 Å². The summed E-state index contributed by atoms with van der Waals surface area (Å²) in [5, 5.41) is 4.51. The van der Waals surface area contributed by atoms with Gasteiger partial charge in [-0.05, 0) is 30.3 Å². The molecule has 1 aliphatic heterocycles. The Labute approximate surface area is 176 Å². The van der Waals surface area contributed by atoms with Gasteiger partial charge in [-0.2, -0.15) is 9.29 Å². The molecule has 0 N–H and O–H groups in total. The van der Waals surface area contributed by atoms with Crippen molar-refractivity contribution in [2.45, 2.75) is 11.4 Å². The molecule has 0 bridgehead atoms. The molecule has 0 radical (unpaired) electrons. The van der Waals surface area contributed by atoms with Crippen molar-refractivity contribution >= 4 is 21.6 Å². The summed E-state index contributed by atoms with van der Waals surface area (Å²) in [7, 11) is -4.12. The van der Waals surface area contributed by atoms with Crippen molar-refractivity contribution in [2.24, 2.45) is 0 Å². The van der Waals surface area contributed by atoms with Gasteiger partial charge in [0, 0.05) is 36.8 Å². The predicted octanol–water partition coefficient (Wildman–Crippen LogP) is 3.17. The summed E-state index contributed by atoms with van der Waals surface area (Å²) in [6.45, 7) is 1.37. The summed E-state index contributed by atoms with van der Waals surface area (Å²) in [4.78, 5) is 5.65. The summed E-state index contributed by atoms with van der Waals surface area (Å²) in [5.74, 6) is -0.980. The zero-order valence-electron chi connectivity index (χ0n) is 15.6. The minimum atomic E-state index is -4.12. The standard InChI is InChI=1S/C19H17ClF2N4O3S/c20-14-3-1-2-13(10-14)19-23-18(29-24-19)12-25-6-8-26(9-7-25)30(27,28)17-11-15(21)4-5-16(17)22/h1-5,10-11H,6-9,12H2. The lowest BCUT2D eigenvalue weighted by atomic mass is 10.2. The van der Waals surface area contributed by atoms with E-state index in [0.717, 1.165) is 22.0 Å². The average Bonchev–Trinajstić information content (AvgIpc) is 3.19. The van der Waals surface area contributed by atoms with E-state index in [1.54, 1.807) is 18.2 Å². The van der Waals surface area contributed by atoms with E-state index in [9.17, 15) is 17.2 Å². The molecule has 2 heterocycles. The van der Waals surface area contributed by atoms with E-state index in [1.807, 2.05) is 11.0 Å². The van der Waals surface area contributed by atoms with Crippen LogP contribution in [-0.4, -0.2) is 53.9 Å². The van der Waals surface area contributed by atoms with Crippen molar-refractivity contribution in [3.8, 4) is 11.4 Å². The third kappa shape index (κ3) is 4.36. The Morgan fingerprint density at radius 2 is 1.83 bits per heavy atom. The molecule has 0 aliphatic carbocycles. The van der Waals surface area contributed by atoms with Gasteiger partial charge in [0.05, 0.1) is 6.54 Å². The van der Waals surface area contributed by atoms with E-state index in [1.165, 1.54) is 0 Å². The molecule has 1 saturated heterocycles. The fourth-order valence-corrected chi connectivity index (χ4v) is 4.89. The zero-order valence-corrected chi connectivity index (χ0v) is 17.2. The van der Waals surface area contributed by atoms with Crippen LogP contribution in [0, 0.1) is 11.6 Å². The van der Waals surface area contributed by atoms with Gasteiger partial charge in [-0.3, -0.25) is 4.90 Å². The van der Waals surface area contributed by atoms with Gasteiger partial charge in [0.2, 0.25) is 21.7 Å². The number of hydrogen-bond donors (Lipinski definition) is 0. The lowest BCUT2D eigenvalue weighted by molar-refractivity contribution is 0.163. The van der Waals surface area contributed by atoms with E-state index in [0.29, 0.717) is 42.4 Å². The van der Waals surface area contributed by atoms with Crippen LogP contribution in [-0.2, 0) is 16.6 Å². The van der Waals surface area contributed by atoms with Crippen LogP contribution in [0.25, 0.3) is 11.4 Å². The minimum Gasteiger partial charge on any atom is -0.338 e. The van der Waals surface area contributed by atoms with E-state index in [2.05, 4.69) is 10.1 Å². The summed E-state index contributed by atoms with van der Waals surface area (Å²) in [6.07, 6.45) is 0. The van der Waals surface area contributed by atoms with Crippen LogP contribution in [0.4, 0.5) is 8.78 Å². The molecular formula is C19H17ClF2N4O3S. The van der Waals surface area contributed by atoms with Crippen molar-refractivity contribution in [2.75, 3.05) is 26.2 Å². The van der Waals surface area contributed by atoms with Crippen LogP contribution in [0.5, 0.6) is 0 Å². The van der Waals surface area contributed by atoms with Crippen molar-refractivity contribution in [3.05, 3.63) is 65.0 Å². The molecular weight excluding hydrogens is 438 g/mol. The van der Waals surface area contributed by atoms with Crippen molar-refractivity contribution in [1.29, 1.82) is 0 Å². The molecule has 11 heteroatoms. The van der Waals surface area contributed by atoms with Crippen LogP contribution >= 0.6 is 11.6 Å². The van der Waals surface area contributed by atoms with E-state index in [-0.39, 0.29) is 13.1 Å². The summed E-state index contributed by atoms with van der Waals surface area (Å²) in [6, 6.07) is 9.47. The SMILES string of the molecule is O=S(=O)(c1cc(F)ccc1F)N1CCN(Cc2nc(-c3cccc(Cl)c3)no2)CC1. The van der Waals surface area contributed by atoms with Crippen LogP contribution in [0.2, 0.25) is 5.02 Å². The number of nitrogens with zero attached hydrogens (tertiary/aromatic N) is 4. The molecule has 0 atom stereocenters. The fraction of sp³-hybridized carbons (Fsp3) is 0.263. The summed E-state index contributed by atoms with van der Waals surface area (Å²) in [5.41, 5.74) is 0.727. The second kappa shape index (κ2) is 8.38. The van der Waals surface area contributed by atoms with Crippen LogP contribution in [0.3, 0.4) is 0 Å². The first kappa shape index (κ1) is 20.9. The number of piperazine rings is 1. The highest BCUT2D eigenvalue weighted by molar-refractivity contribution is 7.89. The van der Waals surface area contributed by atoms with Crippen LogP contribution in [0.15, 0.2) is 51.9 Å². The molecule has 1 aliphatic rings. The van der Waals surface area contributed by atoms with E-state index in [4.69, 9.17) is 16.1 Å². The number of rotatable bonds is 5. The molecule has 158 valence electrons. The highest BCUT2D eigenvalue weighted by Gasteiger charge is 2.31. The number of benzene rings is 2. The number of halogens is 3. The van der Waals surface area contributed by atoms with Gasteiger partial charge < -0.3 is 4.52 Å². The van der Waals surface area contributed by atoms with E-state index >= 15 is 0 Å². The molecule has 7 nitrogen and oxygen atoms in total. The van der Waals surface area contributed by atoms with Crippen LogP contribution in [0.1, 0.15) is 5.89 Å². The largest absolute Gasteiger partial charge is 0.338 e. The maximum absolute atomic E-state index is 13.9. The van der Waals surface area contributed by atoms with Crippen LogP contribution < -0.4 is 0 Å². The monoisotopic (exact) mass is 454 g/mol. The first-order valence-electron chi connectivity index (χ1n) is 9.09. The Kier molecular flexibility index (Phi) is 5.83. The fourth-order valence-electron chi connectivity index (χ4n) is 3.20. The maximum Gasteiger partial charge on any atom is 0.246 e. The average molecular weight is 455 g/mol. The Hall–Kier alpha value is -2.40. The Morgan fingerprint density at radius 3 is 2.57 bits per heavy atom. The van der Waals surface area contributed by atoms with Crippen molar-refractivity contribution in [1.82, 2.24) is 19.3 Å². The Balaban J connectivity index is 1.40. The highest BCUT2D eigenvalue weighted by atomic mass is 35.5. The van der Waals surface area contributed by atoms with Gasteiger partial charge in [0.15, 0.2) is 0 Å². The molecule has 1 fully saturated rings. The molecule has 0 unspecified atom stereocenters. The van der Waals surface area contributed by atoms with Crippen molar-refractivity contribution in [3.63, 3.8) is 0 Å². The quantitative estimate of drug-likeness (QED) is 0.589. The molecule has 0 saturated carbocycles. The molecule has 1 aromatic heterocycles. The van der Waals surface area contributed by atoms with Gasteiger partial charge in [-0.1, -0.05) is 28.9 Å². The maximum atomic E-state index is 13.9. The van der Waals surface area contributed by atoms with Gasteiger partial charge >= 0.3 is 0 Å². The Morgan fingerprint density at radius 1 is 1.07 bits per heavy atom. The lowest BCUT2D eigenvalue weighted by Gasteiger charge is -2.33. The lowest BCUT2D eigenvalue weighted by Crippen LogP contribution is -2.48. The predicted molar refractivity (Wildman–Crippen MR) is 105 cm³/mol. The molecule has 4 rings (SSSR count). The summed E-state index contributed by atoms with van der Waals surface area (Å²) < 4.78 is 59.1. The molecule has 0 spiro atoms. The first-order chi connectivity index (χ1) is 14.3. The number of hydrogen-bond acceptors (Lipinski definition) is 6. The number of aromatic nitrogens is 2. The van der Waals surface area contributed by atoms with Gasteiger partial charge in [-0.25, -0.2) is 17.2 Å². The smallest absolute Gasteiger partial charge is 0.246 e. The first-order valence-corrected chi connectivity index (χ1v) is 10.9. The van der Waals surface area contributed by atoms with Gasteiger partial charge in [0.25, 0.3) is 0 Å². The molecule has 0 amide bonds. The second-order valence-electron chi connectivity index (χ2n) is 6.78. The third-order valence-electron chi connectivity index (χ3n) is 4.75. The highest BCUT2D eigenvalue weighted by Crippen LogP contribution is 2.23. The molecule has 3 aromatic rings. The molecule has 30 heavy (non-hydrogen) atoms. The van der Waals surface area contributed by atoms with Gasteiger partial charge in [-0.15, -0.1) is 0 Å². The number of sulfonamides is 1. The van der Waals surface area contributed by atoms with Gasteiger partial charge in [0.1, 0.15) is 16.5 Å². The third-order valence-corrected chi connectivity index (χ3v) is 6.90. The van der Waals surface area contributed by atoms with E-state index < -0.39 is 26.6 Å². The Bertz CT molecular complexity index is 1160. The second-order valence-corrected chi connectivity index (χ2v) is 9.12. The molecule has 2 aromatic carbocycles. The summed E-state index contributed by atoms with van der Waals surface area (Å²) >= 11 is 5.98. The minimum absolute atomic E-state index is 0.133. The normalized spacial score (nSPS) is 16.1. The topological polar surface area (TPSA) is 79.5 Å².